The summed E-state index contributed by atoms with van der Waals surface area (Å²) in [6.07, 6.45) is 0. The summed E-state index contributed by atoms with van der Waals surface area (Å²) in [4.78, 5) is 51.5. The molecule has 48 heavy (non-hydrogen) atoms. The predicted octanol–water partition coefficient (Wildman–Crippen LogP) is 8.52. The third kappa shape index (κ3) is 8.11. The molecular formula is C36H25Cl2NO9. The molecule has 10 nitrogen and oxygen atoms in total. The lowest BCUT2D eigenvalue weighted by molar-refractivity contribution is 0.0643. The van der Waals surface area contributed by atoms with Crippen LogP contribution in [0.2, 0.25) is 10.0 Å². The van der Waals surface area contributed by atoms with E-state index in [1.165, 1.54) is 4.90 Å². The average molecular weight is 687 g/mol. The third-order valence-electron chi connectivity index (χ3n) is 7.07. The first kappa shape index (κ1) is 33.5. The maximum Gasteiger partial charge on any atom is 0.336 e. The van der Waals surface area contributed by atoms with Crippen LogP contribution >= 0.6 is 23.2 Å². The van der Waals surface area contributed by atoms with Crippen molar-refractivity contribution in [2.75, 3.05) is 0 Å². The second-order valence-electron chi connectivity index (χ2n) is 10.4. The standard InChI is InChI=1S/C36H25Cl2NO9/c37-23-7-12-25(13-8-23)47-27-11-6-22(32(16-27)48-26-14-9-24(38)10-15-26)20-39(19-21-4-2-1-3-5-21)33(40)28-17-30(35(43)44)31(36(45)46)18-29(28)34(41)42/h1-18H,19-20H2,(H,41,42)(H,43,44)(H,45,46). The predicted molar refractivity (Wildman–Crippen MR) is 177 cm³/mol. The number of amides is 1. The van der Waals surface area contributed by atoms with Crippen LogP contribution < -0.4 is 9.47 Å². The molecule has 0 saturated heterocycles. The second-order valence-corrected chi connectivity index (χ2v) is 11.3. The molecule has 0 bridgehead atoms. The monoisotopic (exact) mass is 685 g/mol. The lowest BCUT2D eigenvalue weighted by atomic mass is 9.96. The first-order valence-corrected chi connectivity index (χ1v) is 14.9. The number of carboxylic acids is 3. The highest BCUT2D eigenvalue weighted by molar-refractivity contribution is 6.30. The molecule has 0 aromatic heterocycles. The maximum absolute atomic E-state index is 14.2. The molecule has 242 valence electrons. The number of carbonyl (C=O) groups excluding carboxylic acids is 1. The largest absolute Gasteiger partial charge is 0.478 e. The summed E-state index contributed by atoms with van der Waals surface area (Å²) in [6, 6.07) is 28.6. The smallest absolute Gasteiger partial charge is 0.336 e. The zero-order valence-electron chi connectivity index (χ0n) is 24.8. The lowest BCUT2D eigenvalue weighted by Crippen LogP contribution is -2.32. The highest BCUT2D eigenvalue weighted by Gasteiger charge is 2.29. The number of hydrogen-bond acceptors (Lipinski definition) is 6. The molecule has 5 aromatic carbocycles. The molecule has 0 spiro atoms. The number of nitrogens with zero attached hydrogens (tertiary/aromatic N) is 1. The minimum atomic E-state index is -1.65. The van der Waals surface area contributed by atoms with Gasteiger partial charge in [-0.15, -0.1) is 0 Å². The van der Waals surface area contributed by atoms with Crippen LogP contribution in [0.15, 0.2) is 109 Å². The summed E-state index contributed by atoms with van der Waals surface area (Å²) in [7, 11) is 0. The van der Waals surface area contributed by atoms with Gasteiger partial charge in [-0.1, -0.05) is 53.5 Å². The molecule has 0 radical (unpaired) electrons. The van der Waals surface area contributed by atoms with E-state index in [-0.39, 0.29) is 13.1 Å². The number of halogens is 2. The van der Waals surface area contributed by atoms with Gasteiger partial charge in [-0.25, -0.2) is 14.4 Å². The van der Waals surface area contributed by atoms with Crippen LogP contribution in [0.3, 0.4) is 0 Å². The van der Waals surface area contributed by atoms with Crippen LogP contribution in [-0.4, -0.2) is 44.0 Å². The fraction of sp³-hybridized carbons (Fsp3) is 0.0556. The van der Waals surface area contributed by atoms with Crippen molar-refractivity contribution in [3.8, 4) is 23.0 Å². The van der Waals surface area contributed by atoms with Gasteiger partial charge in [-0.2, -0.15) is 0 Å². The molecule has 3 N–H and O–H groups in total. The van der Waals surface area contributed by atoms with Crippen molar-refractivity contribution in [2.24, 2.45) is 0 Å². The van der Waals surface area contributed by atoms with Crippen molar-refractivity contribution < 1.29 is 44.0 Å². The van der Waals surface area contributed by atoms with Gasteiger partial charge in [-0.05, 0) is 78.4 Å². The van der Waals surface area contributed by atoms with Crippen molar-refractivity contribution in [3.63, 3.8) is 0 Å². The Hall–Kier alpha value is -5.84. The van der Waals surface area contributed by atoms with E-state index < -0.39 is 46.1 Å². The molecule has 0 saturated carbocycles. The Kier molecular flexibility index (Phi) is 10.3. The molecule has 1 amide bonds. The van der Waals surface area contributed by atoms with Crippen LogP contribution in [0.4, 0.5) is 0 Å². The Morgan fingerprint density at radius 2 is 1.02 bits per heavy atom. The summed E-state index contributed by atoms with van der Waals surface area (Å²) in [5, 5.41) is 30.2. The van der Waals surface area contributed by atoms with E-state index >= 15 is 0 Å². The minimum absolute atomic E-state index is 0.0226. The molecule has 0 fully saturated rings. The van der Waals surface area contributed by atoms with Gasteiger partial charge >= 0.3 is 17.9 Å². The minimum Gasteiger partial charge on any atom is -0.478 e. The Morgan fingerprint density at radius 3 is 1.56 bits per heavy atom. The van der Waals surface area contributed by atoms with Crippen LogP contribution in [0.25, 0.3) is 0 Å². The molecule has 0 atom stereocenters. The zero-order valence-corrected chi connectivity index (χ0v) is 26.3. The van der Waals surface area contributed by atoms with Gasteiger partial charge < -0.3 is 29.7 Å². The van der Waals surface area contributed by atoms with Crippen LogP contribution in [0.1, 0.15) is 52.6 Å². The summed E-state index contributed by atoms with van der Waals surface area (Å²) in [6.45, 7) is -0.161. The molecule has 0 unspecified atom stereocenters. The van der Waals surface area contributed by atoms with Crippen molar-refractivity contribution in [3.05, 3.63) is 153 Å². The zero-order chi connectivity index (χ0) is 34.4. The molecule has 0 aliphatic carbocycles. The van der Waals surface area contributed by atoms with Gasteiger partial charge in [0, 0.05) is 28.2 Å². The Bertz CT molecular complexity index is 2000. The van der Waals surface area contributed by atoms with Crippen molar-refractivity contribution in [1.82, 2.24) is 4.90 Å². The molecule has 0 heterocycles. The SMILES string of the molecule is O=C(O)c1cc(C(=O)O)c(C(=O)N(Cc2ccccc2)Cc2ccc(Oc3ccc(Cl)cc3)cc2Oc2ccc(Cl)cc2)cc1C(=O)O. The Balaban J connectivity index is 1.59. The molecule has 0 aliphatic heterocycles. The molecule has 5 aromatic rings. The van der Waals surface area contributed by atoms with E-state index in [1.54, 1.807) is 97.1 Å². The quantitative estimate of drug-likeness (QED) is 0.117. The van der Waals surface area contributed by atoms with Gasteiger partial charge in [0.15, 0.2) is 0 Å². The van der Waals surface area contributed by atoms with Gasteiger partial charge in [0.1, 0.15) is 23.0 Å². The van der Waals surface area contributed by atoms with Crippen LogP contribution in [0.5, 0.6) is 23.0 Å². The Morgan fingerprint density at radius 1 is 0.542 bits per heavy atom. The van der Waals surface area contributed by atoms with Crippen molar-refractivity contribution in [2.45, 2.75) is 13.1 Å². The highest BCUT2D eigenvalue weighted by atomic mass is 35.5. The van der Waals surface area contributed by atoms with Gasteiger partial charge in [-0.3, -0.25) is 4.79 Å². The lowest BCUT2D eigenvalue weighted by Gasteiger charge is -2.25. The highest BCUT2D eigenvalue weighted by Crippen LogP contribution is 2.34. The first-order chi connectivity index (χ1) is 23.0. The fourth-order valence-corrected chi connectivity index (χ4v) is 5.03. The molecular weight excluding hydrogens is 661 g/mol. The molecule has 5 rings (SSSR count). The maximum atomic E-state index is 14.2. The van der Waals surface area contributed by atoms with Crippen LogP contribution in [0, 0.1) is 0 Å². The van der Waals surface area contributed by atoms with E-state index in [0.29, 0.717) is 50.2 Å². The van der Waals surface area contributed by atoms with E-state index in [9.17, 15) is 34.5 Å². The van der Waals surface area contributed by atoms with E-state index in [1.807, 2.05) is 0 Å². The van der Waals surface area contributed by atoms with Gasteiger partial charge in [0.2, 0.25) is 0 Å². The third-order valence-corrected chi connectivity index (χ3v) is 7.58. The number of hydrogen-bond donors (Lipinski definition) is 3. The topological polar surface area (TPSA) is 151 Å². The second kappa shape index (κ2) is 14.7. The summed E-state index contributed by atoms with van der Waals surface area (Å²) < 4.78 is 12.2. The van der Waals surface area contributed by atoms with E-state index in [2.05, 4.69) is 0 Å². The molecule has 0 aliphatic rings. The summed E-state index contributed by atoms with van der Waals surface area (Å²) in [5.41, 5.74) is -1.48. The number of carbonyl (C=O) groups is 4. The van der Waals surface area contributed by atoms with Crippen molar-refractivity contribution in [1.29, 1.82) is 0 Å². The fourth-order valence-electron chi connectivity index (χ4n) is 4.78. The first-order valence-electron chi connectivity index (χ1n) is 14.2. The van der Waals surface area contributed by atoms with Gasteiger partial charge in [0.05, 0.1) is 28.8 Å². The number of ether oxygens (including phenoxy) is 2. The number of benzene rings is 5. The summed E-state index contributed by atoms with van der Waals surface area (Å²) >= 11 is 12.1. The number of rotatable bonds is 12. The summed E-state index contributed by atoms with van der Waals surface area (Å²) in [5.74, 6) is -4.13. The Labute approximate surface area is 283 Å². The van der Waals surface area contributed by atoms with Crippen LogP contribution in [-0.2, 0) is 13.1 Å². The number of carboxylic acid groups (broad SMARTS) is 3. The van der Waals surface area contributed by atoms with Crippen molar-refractivity contribution >= 4 is 47.0 Å². The van der Waals surface area contributed by atoms with E-state index in [4.69, 9.17) is 32.7 Å². The van der Waals surface area contributed by atoms with Gasteiger partial charge in [0.25, 0.3) is 5.91 Å². The average Bonchev–Trinajstić information content (AvgIpc) is 3.07. The number of aromatic carboxylic acids is 3. The molecule has 12 heteroatoms. The normalized spacial score (nSPS) is 10.6. The van der Waals surface area contributed by atoms with E-state index in [0.717, 1.165) is 6.07 Å².